The number of alkyl halides is 3. The highest BCUT2D eigenvalue weighted by atomic mass is 32.2. The molecule has 6 nitrogen and oxygen atoms in total. The highest BCUT2D eigenvalue weighted by Gasteiger charge is 2.44. The monoisotopic (exact) mass is 530 g/mol. The van der Waals surface area contributed by atoms with Gasteiger partial charge in [0, 0.05) is 6.54 Å². The summed E-state index contributed by atoms with van der Waals surface area (Å²) in [6.45, 7) is 3.81. The number of halogens is 3. The summed E-state index contributed by atoms with van der Waals surface area (Å²) in [5.41, 5.74) is -1.02. The van der Waals surface area contributed by atoms with E-state index in [0.717, 1.165) is 51.0 Å². The van der Waals surface area contributed by atoms with Gasteiger partial charge in [-0.3, -0.25) is 4.79 Å². The third kappa shape index (κ3) is 6.34. The Bertz CT molecular complexity index is 1070. The summed E-state index contributed by atoms with van der Waals surface area (Å²) in [5.74, 6) is 0.0247. The van der Waals surface area contributed by atoms with E-state index in [2.05, 4.69) is 10.3 Å². The van der Waals surface area contributed by atoms with E-state index < -0.39 is 27.6 Å². The Morgan fingerprint density at radius 2 is 1.75 bits per heavy atom. The number of methoxy groups -OCH3 is 1. The number of sulfone groups is 1. The van der Waals surface area contributed by atoms with Crippen LogP contribution in [0.1, 0.15) is 99.2 Å². The molecule has 1 amide bonds. The molecule has 1 N–H and O–H groups in total. The summed E-state index contributed by atoms with van der Waals surface area (Å²) >= 11 is 0. The minimum absolute atomic E-state index is 0.0303. The number of carbonyl (C=O) groups is 1. The van der Waals surface area contributed by atoms with Gasteiger partial charge in [0.15, 0.2) is 9.84 Å². The first-order valence-electron chi connectivity index (χ1n) is 13.0. The van der Waals surface area contributed by atoms with E-state index in [9.17, 15) is 26.4 Å². The number of nitrogens with one attached hydrogen (secondary N) is 1. The molecule has 0 aromatic carbocycles. The van der Waals surface area contributed by atoms with E-state index in [1.54, 1.807) is 13.8 Å². The lowest BCUT2D eigenvalue weighted by Gasteiger charge is -2.40. The van der Waals surface area contributed by atoms with Crippen LogP contribution in [0, 0.1) is 17.3 Å². The SMILES string of the molecule is COc1nc(C(F)(F)F)cc(C(C)C)c1C(=O)NCC1(CC2CC2)CCC(S(=O)(=O)CC2CC2)CC1. The molecule has 1 heterocycles. The Morgan fingerprint density at radius 1 is 1.14 bits per heavy atom. The number of hydrogen-bond donors (Lipinski definition) is 1. The van der Waals surface area contributed by atoms with Crippen LogP contribution in [0.2, 0.25) is 0 Å². The van der Waals surface area contributed by atoms with Gasteiger partial charge in [0.2, 0.25) is 5.88 Å². The van der Waals surface area contributed by atoms with Crippen molar-refractivity contribution in [1.82, 2.24) is 10.3 Å². The zero-order valence-electron chi connectivity index (χ0n) is 21.3. The van der Waals surface area contributed by atoms with Crippen molar-refractivity contribution in [1.29, 1.82) is 0 Å². The number of ether oxygens (including phenoxy) is 1. The highest BCUT2D eigenvalue weighted by molar-refractivity contribution is 7.92. The Hall–Kier alpha value is -1.84. The molecule has 0 atom stereocenters. The average Bonchev–Trinajstić information content (AvgIpc) is 3.74. The Morgan fingerprint density at radius 3 is 2.25 bits per heavy atom. The van der Waals surface area contributed by atoms with Crippen LogP contribution in [0.25, 0.3) is 0 Å². The lowest BCUT2D eigenvalue weighted by molar-refractivity contribution is -0.141. The highest BCUT2D eigenvalue weighted by Crippen LogP contribution is 2.49. The number of nitrogens with zero attached hydrogens (tertiary/aromatic N) is 1. The summed E-state index contributed by atoms with van der Waals surface area (Å²) in [7, 11) is -1.89. The van der Waals surface area contributed by atoms with Crippen molar-refractivity contribution in [3.63, 3.8) is 0 Å². The van der Waals surface area contributed by atoms with Crippen molar-refractivity contribution >= 4 is 15.7 Å². The smallest absolute Gasteiger partial charge is 0.433 e. The van der Waals surface area contributed by atoms with Gasteiger partial charge in [-0.2, -0.15) is 13.2 Å². The van der Waals surface area contributed by atoms with Crippen LogP contribution in [-0.4, -0.2) is 44.0 Å². The molecule has 3 aliphatic rings. The van der Waals surface area contributed by atoms with Gasteiger partial charge in [-0.05, 0) is 79.7 Å². The fourth-order valence-corrected chi connectivity index (χ4v) is 7.79. The number of aromatic nitrogens is 1. The summed E-state index contributed by atoms with van der Waals surface area (Å²) in [5, 5.41) is 2.66. The van der Waals surface area contributed by atoms with Crippen LogP contribution in [-0.2, 0) is 16.0 Å². The maximum atomic E-state index is 13.4. The predicted octanol–water partition coefficient (Wildman–Crippen LogP) is 5.52. The van der Waals surface area contributed by atoms with Gasteiger partial charge in [0.05, 0.1) is 18.1 Å². The van der Waals surface area contributed by atoms with Crippen LogP contribution in [0.3, 0.4) is 0 Å². The van der Waals surface area contributed by atoms with Gasteiger partial charge in [-0.15, -0.1) is 0 Å². The molecule has 10 heteroatoms. The molecule has 202 valence electrons. The van der Waals surface area contributed by atoms with E-state index in [1.807, 2.05) is 0 Å². The first-order chi connectivity index (χ1) is 16.8. The van der Waals surface area contributed by atoms with Gasteiger partial charge in [-0.25, -0.2) is 13.4 Å². The second kappa shape index (κ2) is 10.1. The lowest BCUT2D eigenvalue weighted by atomic mass is 9.70. The number of pyridine rings is 1. The number of hydrogen-bond acceptors (Lipinski definition) is 5. The molecule has 3 fully saturated rings. The zero-order chi connectivity index (χ0) is 26.3. The fraction of sp³-hybridized carbons (Fsp3) is 0.769. The van der Waals surface area contributed by atoms with Crippen molar-refractivity contribution < 1.29 is 31.1 Å². The lowest BCUT2D eigenvalue weighted by Crippen LogP contribution is -2.43. The van der Waals surface area contributed by atoms with Crippen molar-refractivity contribution in [3.8, 4) is 5.88 Å². The first-order valence-corrected chi connectivity index (χ1v) is 14.7. The van der Waals surface area contributed by atoms with Crippen molar-refractivity contribution in [2.45, 2.75) is 89.0 Å². The van der Waals surface area contributed by atoms with Crippen LogP contribution in [0.5, 0.6) is 5.88 Å². The molecule has 0 saturated heterocycles. The third-order valence-corrected chi connectivity index (χ3v) is 10.5. The number of amides is 1. The summed E-state index contributed by atoms with van der Waals surface area (Å²) < 4.78 is 70.9. The molecule has 3 saturated carbocycles. The Kier molecular flexibility index (Phi) is 7.66. The number of carbonyl (C=O) groups excluding carboxylic acids is 1. The minimum Gasteiger partial charge on any atom is -0.480 e. The van der Waals surface area contributed by atoms with E-state index in [4.69, 9.17) is 4.74 Å². The summed E-state index contributed by atoms with van der Waals surface area (Å²) in [6, 6.07) is 0.929. The summed E-state index contributed by atoms with van der Waals surface area (Å²) in [4.78, 5) is 16.9. The van der Waals surface area contributed by atoms with E-state index in [0.29, 0.717) is 37.0 Å². The minimum atomic E-state index is -4.65. The second-order valence-electron chi connectivity index (χ2n) is 11.4. The van der Waals surface area contributed by atoms with Gasteiger partial charge in [0.25, 0.3) is 5.91 Å². The zero-order valence-corrected chi connectivity index (χ0v) is 22.1. The molecule has 3 aliphatic carbocycles. The molecule has 0 bridgehead atoms. The van der Waals surface area contributed by atoms with E-state index in [-0.39, 0.29) is 33.6 Å². The van der Waals surface area contributed by atoms with Crippen LogP contribution in [0.4, 0.5) is 13.2 Å². The predicted molar refractivity (Wildman–Crippen MR) is 131 cm³/mol. The average molecular weight is 531 g/mol. The molecule has 4 rings (SSSR count). The maximum absolute atomic E-state index is 13.4. The van der Waals surface area contributed by atoms with E-state index in [1.165, 1.54) is 7.11 Å². The topological polar surface area (TPSA) is 85.4 Å². The fourth-order valence-electron chi connectivity index (χ4n) is 5.57. The Balaban J connectivity index is 1.50. The molecule has 36 heavy (non-hydrogen) atoms. The Labute approximate surface area is 211 Å². The first kappa shape index (κ1) is 27.2. The molecule has 0 unspecified atom stereocenters. The van der Waals surface area contributed by atoms with Gasteiger partial charge in [-0.1, -0.05) is 26.7 Å². The van der Waals surface area contributed by atoms with Crippen molar-refractivity contribution in [2.75, 3.05) is 19.4 Å². The maximum Gasteiger partial charge on any atom is 0.433 e. The van der Waals surface area contributed by atoms with Crippen LogP contribution >= 0.6 is 0 Å². The van der Waals surface area contributed by atoms with E-state index >= 15 is 0 Å². The van der Waals surface area contributed by atoms with Gasteiger partial charge >= 0.3 is 6.18 Å². The molecule has 1 aromatic rings. The van der Waals surface area contributed by atoms with Crippen molar-refractivity contribution in [2.24, 2.45) is 17.3 Å². The molecule has 1 aromatic heterocycles. The molecule has 0 spiro atoms. The quantitative estimate of drug-likeness (QED) is 0.431. The van der Waals surface area contributed by atoms with Crippen LogP contribution in [0.15, 0.2) is 6.07 Å². The van der Waals surface area contributed by atoms with Gasteiger partial charge < -0.3 is 10.1 Å². The second-order valence-corrected chi connectivity index (χ2v) is 13.8. The molecular formula is C26H37F3N2O4S. The van der Waals surface area contributed by atoms with Crippen LogP contribution < -0.4 is 10.1 Å². The van der Waals surface area contributed by atoms with Crippen molar-refractivity contribution in [3.05, 3.63) is 22.9 Å². The molecule has 0 aliphatic heterocycles. The third-order valence-electron chi connectivity index (χ3n) is 8.06. The summed E-state index contributed by atoms with van der Waals surface area (Å²) in [6.07, 6.45) is 3.21. The number of rotatable bonds is 10. The standard InChI is InChI=1S/C26H37F3N2O4S/c1-16(2)20-12-21(26(27,28)29)31-24(35-3)22(20)23(32)30-15-25(13-17-4-5-17)10-8-19(9-11-25)36(33,34)14-18-6-7-18/h12,16-19H,4-11,13-15H2,1-3H3,(H,30,32). The molecule has 0 radical (unpaired) electrons. The largest absolute Gasteiger partial charge is 0.480 e. The molecular weight excluding hydrogens is 493 g/mol. The van der Waals surface area contributed by atoms with Gasteiger partial charge in [0.1, 0.15) is 11.3 Å². The normalized spacial score (nSPS) is 25.1.